The average molecular weight is 448 g/mol. The summed E-state index contributed by atoms with van der Waals surface area (Å²) in [5, 5.41) is 12.2. The van der Waals surface area contributed by atoms with E-state index in [4.69, 9.17) is 16.3 Å². The van der Waals surface area contributed by atoms with Crippen LogP contribution in [0.25, 0.3) is 0 Å². The summed E-state index contributed by atoms with van der Waals surface area (Å²) in [6.07, 6.45) is 3.27. The van der Waals surface area contributed by atoms with Crippen LogP contribution in [0.1, 0.15) is 23.2 Å². The molecule has 0 aromatic heterocycles. The molecule has 9 heteroatoms. The zero-order chi connectivity index (χ0) is 22.2. The van der Waals surface area contributed by atoms with Crippen LogP contribution in [0.3, 0.4) is 0 Å². The van der Waals surface area contributed by atoms with Crippen LogP contribution in [-0.2, 0) is 9.53 Å². The number of amides is 2. The minimum atomic E-state index is -0.407. The maximum atomic E-state index is 12.9. The largest absolute Gasteiger partial charge is 0.392 e. The normalized spacial score (nSPS) is 17.7. The fourth-order valence-corrected chi connectivity index (χ4v) is 3.86. The highest BCUT2D eigenvalue weighted by Gasteiger charge is 2.21. The summed E-state index contributed by atoms with van der Waals surface area (Å²) >= 11 is 6.41. The third-order valence-corrected chi connectivity index (χ3v) is 5.70. The fourth-order valence-electron chi connectivity index (χ4n) is 3.60. The van der Waals surface area contributed by atoms with Crippen LogP contribution in [0.5, 0.6) is 0 Å². The molecule has 0 atom stereocenters. The van der Waals surface area contributed by atoms with Crippen molar-refractivity contribution >= 4 is 29.1 Å². The molecule has 0 radical (unpaired) electrons. The highest BCUT2D eigenvalue weighted by Crippen LogP contribution is 2.25. The smallest absolute Gasteiger partial charge is 0.257 e. The predicted molar refractivity (Wildman–Crippen MR) is 122 cm³/mol. The van der Waals surface area contributed by atoms with Crippen molar-refractivity contribution in [2.24, 2.45) is 0 Å². The Morgan fingerprint density at radius 1 is 1.26 bits per heavy atom. The molecule has 0 saturated carbocycles. The van der Waals surface area contributed by atoms with Crippen LogP contribution in [0.15, 0.2) is 42.2 Å². The summed E-state index contributed by atoms with van der Waals surface area (Å²) in [7, 11) is 1.69. The van der Waals surface area contributed by atoms with Crippen molar-refractivity contribution in [3.05, 3.63) is 52.8 Å². The second-order valence-corrected chi connectivity index (χ2v) is 7.95. The van der Waals surface area contributed by atoms with Crippen molar-refractivity contribution in [1.82, 2.24) is 21.3 Å². The Kier molecular flexibility index (Phi) is 8.34. The molecule has 0 unspecified atom stereocenters. The van der Waals surface area contributed by atoms with Gasteiger partial charge in [-0.2, -0.15) is 0 Å². The van der Waals surface area contributed by atoms with E-state index >= 15 is 0 Å². The molecule has 1 aromatic rings. The topological polar surface area (TPSA) is 94.7 Å². The Bertz CT molecular complexity index is 846. The summed E-state index contributed by atoms with van der Waals surface area (Å²) in [5.41, 5.74) is 1.75. The number of nitrogens with zero attached hydrogens (tertiary/aromatic N) is 1. The number of anilines is 1. The molecule has 0 bridgehead atoms. The van der Waals surface area contributed by atoms with Gasteiger partial charge in [0.2, 0.25) is 0 Å². The highest BCUT2D eigenvalue weighted by molar-refractivity contribution is 6.34. The number of carbonyl (C=O) groups excluding carboxylic acids is 2. The lowest BCUT2D eigenvalue weighted by molar-refractivity contribution is -0.118. The number of piperidine rings is 1. The number of hydrogen-bond donors (Lipinski definition) is 4. The second-order valence-electron chi connectivity index (χ2n) is 7.54. The number of halogens is 1. The van der Waals surface area contributed by atoms with Gasteiger partial charge < -0.3 is 30.9 Å². The molecule has 31 heavy (non-hydrogen) atoms. The van der Waals surface area contributed by atoms with Crippen molar-refractivity contribution in [3.63, 3.8) is 0 Å². The van der Waals surface area contributed by atoms with Gasteiger partial charge >= 0.3 is 0 Å². The average Bonchev–Trinajstić information content (AvgIpc) is 2.79. The summed E-state index contributed by atoms with van der Waals surface area (Å²) in [4.78, 5) is 27.7. The molecule has 3 rings (SSSR count). The minimum absolute atomic E-state index is 0.0965. The van der Waals surface area contributed by atoms with Crippen LogP contribution < -0.4 is 26.2 Å². The Morgan fingerprint density at radius 3 is 2.61 bits per heavy atom. The van der Waals surface area contributed by atoms with Gasteiger partial charge in [-0.25, -0.2) is 0 Å². The van der Waals surface area contributed by atoms with Gasteiger partial charge in [0, 0.05) is 38.1 Å². The van der Waals surface area contributed by atoms with Gasteiger partial charge in [-0.05, 0) is 44.1 Å². The molecule has 8 nitrogen and oxygen atoms in total. The van der Waals surface area contributed by atoms with E-state index in [0.717, 1.165) is 44.7 Å². The summed E-state index contributed by atoms with van der Waals surface area (Å²) in [6.45, 7) is 8.51. The summed E-state index contributed by atoms with van der Waals surface area (Å²) in [6, 6.07) is 5.44. The summed E-state index contributed by atoms with van der Waals surface area (Å²) < 4.78 is 5.37. The van der Waals surface area contributed by atoms with Gasteiger partial charge in [0.05, 0.1) is 35.1 Å². The quantitative estimate of drug-likeness (QED) is 0.373. The van der Waals surface area contributed by atoms with Gasteiger partial charge in [0.25, 0.3) is 11.8 Å². The van der Waals surface area contributed by atoms with Crippen LogP contribution >= 0.6 is 11.6 Å². The zero-order valence-electron chi connectivity index (χ0n) is 17.8. The lowest BCUT2D eigenvalue weighted by Gasteiger charge is -2.29. The van der Waals surface area contributed by atoms with Gasteiger partial charge in [-0.15, -0.1) is 0 Å². The SMILES string of the molecule is C=C(C(=O)NC1CCNCC1)/C(=C\NC)NC(=O)c1ccc(N2CCOCC2)cc1Cl. The van der Waals surface area contributed by atoms with E-state index in [1.807, 2.05) is 6.07 Å². The third kappa shape index (κ3) is 6.22. The number of benzene rings is 1. The van der Waals surface area contributed by atoms with E-state index in [1.54, 1.807) is 19.2 Å². The molecule has 0 spiro atoms. The van der Waals surface area contributed by atoms with Gasteiger partial charge in [-0.3, -0.25) is 9.59 Å². The van der Waals surface area contributed by atoms with Gasteiger partial charge in [0.15, 0.2) is 0 Å². The number of carbonyl (C=O) groups is 2. The van der Waals surface area contributed by atoms with Crippen molar-refractivity contribution < 1.29 is 14.3 Å². The van der Waals surface area contributed by atoms with Crippen LogP contribution in [0.2, 0.25) is 5.02 Å². The number of ether oxygens (including phenoxy) is 1. The molecule has 168 valence electrons. The number of rotatable bonds is 7. The number of morpholine rings is 1. The second kappa shape index (κ2) is 11.2. The molecular formula is C22H30ClN5O3. The van der Waals surface area contributed by atoms with Crippen LogP contribution in [-0.4, -0.2) is 64.3 Å². The number of hydrogen-bond acceptors (Lipinski definition) is 6. The first-order valence-electron chi connectivity index (χ1n) is 10.5. The molecule has 2 fully saturated rings. The van der Waals surface area contributed by atoms with E-state index < -0.39 is 5.91 Å². The molecule has 4 N–H and O–H groups in total. The maximum Gasteiger partial charge on any atom is 0.257 e. The van der Waals surface area contributed by atoms with Gasteiger partial charge in [0.1, 0.15) is 0 Å². The lowest BCUT2D eigenvalue weighted by atomic mass is 10.1. The Morgan fingerprint density at radius 2 is 1.97 bits per heavy atom. The third-order valence-electron chi connectivity index (χ3n) is 5.38. The van der Waals surface area contributed by atoms with Crippen molar-refractivity contribution in [2.45, 2.75) is 18.9 Å². The summed E-state index contributed by atoms with van der Waals surface area (Å²) in [5.74, 6) is -0.710. The van der Waals surface area contributed by atoms with E-state index in [-0.39, 0.29) is 17.5 Å². The van der Waals surface area contributed by atoms with E-state index in [2.05, 4.69) is 32.7 Å². The minimum Gasteiger partial charge on any atom is -0.392 e. The number of nitrogens with one attached hydrogen (secondary N) is 4. The maximum absolute atomic E-state index is 12.9. The van der Waals surface area contributed by atoms with Crippen molar-refractivity contribution in [3.8, 4) is 0 Å². The van der Waals surface area contributed by atoms with Gasteiger partial charge in [-0.1, -0.05) is 18.2 Å². The molecule has 0 aliphatic carbocycles. The lowest BCUT2D eigenvalue weighted by Crippen LogP contribution is -2.44. The first kappa shape index (κ1) is 23.1. The molecular weight excluding hydrogens is 418 g/mol. The highest BCUT2D eigenvalue weighted by atomic mass is 35.5. The van der Waals surface area contributed by atoms with E-state index in [1.165, 1.54) is 6.20 Å². The van der Waals surface area contributed by atoms with Crippen LogP contribution in [0.4, 0.5) is 5.69 Å². The zero-order valence-corrected chi connectivity index (χ0v) is 18.6. The first-order valence-corrected chi connectivity index (χ1v) is 10.9. The standard InChI is InChI=1S/C22H30ClN5O3/c1-15(21(29)26-16-5-7-25-8-6-16)20(14-24-2)27-22(30)18-4-3-17(13-19(18)23)28-9-11-31-12-10-28/h3-4,13-14,16,24-25H,1,5-12H2,2H3,(H,26,29)(H,27,30)/b20-14+. The molecule has 2 saturated heterocycles. The fraction of sp³-hybridized carbons (Fsp3) is 0.455. The predicted octanol–water partition coefficient (Wildman–Crippen LogP) is 1.39. The molecule has 1 aromatic carbocycles. The van der Waals surface area contributed by atoms with E-state index in [9.17, 15) is 9.59 Å². The van der Waals surface area contributed by atoms with Crippen molar-refractivity contribution in [2.75, 3.05) is 51.3 Å². The molecule has 2 amide bonds. The molecule has 2 aliphatic rings. The van der Waals surface area contributed by atoms with Crippen LogP contribution in [0, 0.1) is 0 Å². The molecule has 2 aliphatic heterocycles. The molecule has 2 heterocycles. The Balaban J connectivity index is 1.66. The monoisotopic (exact) mass is 447 g/mol. The Labute approximate surface area is 188 Å². The Hall–Kier alpha value is -2.55. The van der Waals surface area contributed by atoms with E-state index in [0.29, 0.717) is 29.5 Å². The first-order chi connectivity index (χ1) is 15.0. The van der Waals surface area contributed by atoms with Crippen molar-refractivity contribution in [1.29, 1.82) is 0 Å².